The molecule has 3 nitrogen and oxygen atoms in total. The van der Waals surface area contributed by atoms with E-state index in [4.69, 9.17) is 5.11 Å². The summed E-state index contributed by atoms with van der Waals surface area (Å²) < 4.78 is 0. The molecule has 0 bridgehead atoms. The van der Waals surface area contributed by atoms with Gasteiger partial charge in [0.25, 0.3) is 0 Å². The van der Waals surface area contributed by atoms with Crippen molar-refractivity contribution in [3.05, 3.63) is 0 Å². The molecular formula is C12H28N2O. The Bertz CT molecular complexity index is 120. The molecule has 0 aromatic rings. The van der Waals surface area contributed by atoms with Gasteiger partial charge in [0.05, 0.1) is 6.61 Å². The van der Waals surface area contributed by atoms with Crippen LogP contribution < -0.4 is 10.6 Å². The van der Waals surface area contributed by atoms with Gasteiger partial charge in [-0.1, -0.05) is 13.8 Å². The predicted octanol–water partition coefficient (Wildman–Crippen LogP) is 1.37. The Labute approximate surface area is 94.6 Å². The summed E-state index contributed by atoms with van der Waals surface area (Å²) in [4.78, 5) is 0. The van der Waals surface area contributed by atoms with Gasteiger partial charge >= 0.3 is 0 Å². The number of rotatable bonds is 11. The average Bonchev–Trinajstić information content (AvgIpc) is 2.24. The van der Waals surface area contributed by atoms with Crippen LogP contribution in [0.4, 0.5) is 0 Å². The molecule has 0 aromatic heterocycles. The van der Waals surface area contributed by atoms with Crippen LogP contribution in [-0.4, -0.2) is 37.9 Å². The molecule has 3 heteroatoms. The van der Waals surface area contributed by atoms with Crippen LogP contribution in [0.3, 0.4) is 0 Å². The van der Waals surface area contributed by atoms with E-state index in [9.17, 15) is 0 Å². The zero-order valence-corrected chi connectivity index (χ0v) is 10.4. The Morgan fingerprint density at radius 1 is 1.00 bits per heavy atom. The van der Waals surface area contributed by atoms with Gasteiger partial charge in [-0.15, -0.1) is 0 Å². The van der Waals surface area contributed by atoms with E-state index < -0.39 is 0 Å². The number of hydrogen-bond acceptors (Lipinski definition) is 3. The van der Waals surface area contributed by atoms with Crippen LogP contribution in [0.25, 0.3) is 0 Å². The van der Waals surface area contributed by atoms with Gasteiger partial charge < -0.3 is 15.7 Å². The molecule has 0 saturated carbocycles. The average molecular weight is 216 g/mol. The Kier molecular flexibility index (Phi) is 11.9. The van der Waals surface area contributed by atoms with Gasteiger partial charge in [-0.25, -0.2) is 0 Å². The number of nitrogens with one attached hydrogen (secondary N) is 2. The van der Waals surface area contributed by atoms with E-state index in [1.807, 2.05) is 0 Å². The lowest BCUT2D eigenvalue weighted by atomic mass is 10.0. The molecule has 3 N–H and O–H groups in total. The van der Waals surface area contributed by atoms with E-state index in [2.05, 4.69) is 24.5 Å². The third kappa shape index (κ3) is 11.8. The summed E-state index contributed by atoms with van der Waals surface area (Å²) >= 11 is 0. The lowest BCUT2D eigenvalue weighted by Crippen LogP contribution is -2.21. The molecule has 0 fully saturated rings. The normalized spacial score (nSPS) is 13.0. The lowest BCUT2D eigenvalue weighted by Gasteiger charge is -2.11. The maximum absolute atomic E-state index is 8.58. The zero-order chi connectivity index (χ0) is 11.4. The number of hydrogen-bond donors (Lipinski definition) is 3. The van der Waals surface area contributed by atoms with Crippen LogP contribution in [0, 0.1) is 5.92 Å². The summed E-state index contributed by atoms with van der Waals surface area (Å²) in [6, 6.07) is 0. The molecule has 0 aliphatic heterocycles. The minimum Gasteiger partial charge on any atom is -0.395 e. The second-order valence-electron chi connectivity index (χ2n) is 4.26. The summed E-state index contributed by atoms with van der Waals surface area (Å²) in [5.74, 6) is 0.791. The standard InChI is InChI=1S/C12H28N2O/c1-3-7-13-8-4-5-12(2)6-9-14-10-11-15/h12-15H,3-11H2,1-2H3. The molecule has 1 unspecified atom stereocenters. The largest absolute Gasteiger partial charge is 0.395 e. The van der Waals surface area contributed by atoms with E-state index in [1.165, 1.54) is 25.7 Å². The highest BCUT2D eigenvalue weighted by Crippen LogP contribution is 2.08. The zero-order valence-electron chi connectivity index (χ0n) is 10.4. The monoisotopic (exact) mass is 216 g/mol. The van der Waals surface area contributed by atoms with Crippen LogP contribution in [-0.2, 0) is 0 Å². The Morgan fingerprint density at radius 2 is 1.73 bits per heavy atom. The molecule has 0 heterocycles. The van der Waals surface area contributed by atoms with Crippen LogP contribution >= 0.6 is 0 Å². The van der Waals surface area contributed by atoms with E-state index in [0.29, 0.717) is 0 Å². The number of aliphatic hydroxyl groups excluding tert-OH is 1. The molecule has 0 amide bonds. The highest BCUT2D eigenvalue weighted by molar-refractivity contribution is 4.57. The summed E-state index contributed by atoms with van der Waals surface area (Å²) in [6.07, 6.45) is 5.02. The highest BCUT2D eigenvalue weighted by atomic mass is 16.3. The molecule has 0 rings (SSSR count). The van der Waals surface area contributed by atoms with E-state index in [-0.39, 0.29) is 6.61 Å². The van der Waals surface area contributed by atoms with E-state index >= 15 is 0 Å². The predicted molar refractivity (Wildman–Crippen MR) is 66.1 cm³/mol. The molecule has 15 heavy (non-hydrogen) atoms. The maximum atomic E-state index is 8.58. The smallest absolute Gasteiger partial charge is 0.0555 e. The van der Waals surface area contributed by atoms with E-state index in [1.54, 1.807) is 0 Å². The third-order valence-electron chi connectivity index (χ3n) is 2.58. The van der Waals surface area contributed by atoms with Gasteiger partial charge in [-0.05, 0) is 51.2 Å². The lowest BCUT2D eigenvalue weighted by molar-refractivity contribution is 0.290. The fraction of sp³-hybridized carbons (Fsp3) is 1.00. The van der Waals surface area contributed by atoms with Crippen LogP contribution in [0.1, 0.15) is 39.5 Å². The van der Waals surface area contributed by atoms with Crippen LogP contribution in [0.2, 0.25) is 0 Å². The van der Waals surface area contributed by atoms with Gasteiger partial charge in [0.1, 0.15) is 0 Å². The molecule has 0 spiro atoms. The van der Waals surface area contributed by atoms with Crippen molar-refractivity contribution in [1.29, 1.82) is 0 Å². The minimum absolute atomic E-state index is 0.245. The molecule has 0 aliphatic rings. The van der Waals surface area contributed by atoms with Crippen molar-refractivity contribution in [3.8, 4) is 0 Å². The molecule has 92 valence electrons. The molecular weight excluding hydrogens is 188 g/mol. The first-order valence-electron chi connectivity index (χ1n) is 6.33. The van der Waals surface area contributed by atoms with E-state index in [0.717, 1.165) is 32.1 Å². The molecule has 1 atom stereocenters. The van der Waals surface area contributed by atoms with Crippen molar-refractivity contribution in [2.75, 3.05) is 32.8 Å². The summed E-state index contributed by atoms with van der Waals surface area (Å²) in [5, 5.41) is 15.2. The Balaban J connectivity index is 3.08. The van der Waals surface area contributed by atoms with Crippen molar-refractivity contribution in [2.45, 2.75) is 39.5 Å². The minimum atomic E-state index is 0.245. The molecule has 0 saturated heterocycles. The summed E-state index contributed by atoms with van der Waals surface area (Å²) in [6.45, 7) is 8.81. The first-order chi connectivity index (χ1) is 7.31. The van der Waals surface area contributed by atoms with Crippen LogP contribution in [0.5, 0.6) is 0 Å². The SMILES string of the molecule is CCCNCCCC(C)CCNCCO. The highest BCUT2D eigenvalue weighted by Gasteiger charge is 2.00. The Morgan fingerprint density at radius 3 is 2.40 bits per heavy atom. The molecule has 0 radical (unpaired) electrons. The van der Waals surface area contributed by atoms with Gasteiger partial charge in [-0.2, -0.15) is 0 Å². The summed E-state index contributed by atoms with van der Waals surface area (Å²) in [7, 11) is 0. The fourth-order valence-electron chi connectivity index (χ4n) is 1.57. The fourth-order valence-corrected chi connectivity index (χ4v) is 1.57. The van der Waals surface area contributed by atoms with Gasteiger partial charge in [0.15, 0.2) is 0 Å². The summed E-state index contributed by atoms with van der Waals surface area (Å²) in [5.41, 5.74) is 0. The van der Waals surface area contributed by atoms with Gasteiger partial charge in [0.2, 0.25) is 0 Å². The van der Waals surface area contributed by atoms with Crippen LogP contribution in [0.15, 0.2) is 0 Å². The first-order valence-corrected chi connectivity index (χ1v) is 6.33. The van der Waals surface area contributed by atoms with Gasteiger partial charge in [0, 0.05) is 6.54 Å². The van der Waals surface area contributed by atoms with Crippen molar-refractivity contribution >= 4 is 0 Å². The molecule has 0 aliphatic carbocycles. The van der Waals surface area contributed by atoms with Crippen molar-refractivity contribution < 1.29 is 5.11 Å². The Hall–Kier alpha value is -0.120. The first kappa shape index (κ1) is 14.9. The number of aliphatic hydroxyl groups is 1. The van der Waals surface area contributed by atoms with Crippen molar-refractivity contribution in [3.63, 3.8) is 0 Å². The topological polar surface area (TPSA) is 44.3 Å². The van der Waals surface area contributed by atoms with Gasteiger partial charge in [-0.3, -0.25) is 0 Å². The van der Waals surface area contributed by atoms with Crippen molar-refractivity contribution in [2.24, 2.45) is 5.92 Å². The van der Waals surface area contributed by atoms with Crippen molar-refractivity contribution in [1.82, 2.24) is 10.6 Å². The quantitative estimate of drug-likeness (QED) is 0.457. The second kappa shape index (κ2) is 12.0. The second-order valence-corrected chi connectivity index (χ2v) is 4.26. The third-order valence-corrected chi connectivity index (χ3v) is 2.58. The maximum Gasteiger partial charge on any atom is 0.0555 e. The molecule has 0 aromatic carbocycles.